The van der Waals surface area contributed by atoms with Crippen molar-refractivity contribution in [3.8, 4) is 0 Å². The molecule has 0 bridgehead atoms. The highest BCUT2D eigenvalue weighted by Gasteiger charge is 2.34. The van der Waals surface area contributed by atoms with Gasteiger partial charge in [0.2, 0.25) is 0 Å². The lowest BCUT2D eigenvalue weighted by Crippen LogP contribution is -2.49. The van der Waals surface area contributed by atoms with E-state index < -0.39 is 8.24 Å². The Morgan fingerprint density at radius 1 is 0.950 bits per heavy atom. The Balaban J connectivity index is 1.75. The predicted octanol–water partition coefficient (Wildman–Crippen LogP) is 4.33. The van der Waals surface area contributed by atoms with Crippen LogP contribution in [0.25, 0.3) is 6.08 Å². The molecular weight excluding hydrogens is 258 g/mol. The van der Waals surface area contributed by atoms with Crippen LogP contribution in [0.15, 0.2) is 60.7 Å². The van der Waals surface area contributed by atoms with Crippen molar-refractivity contribution in [2.24, 2.45) is 0 Å². The highest BCUT2D eigenvalue weighted by Crippen LogP contribution is 2.35. The first-order chi connectivity index (χ1) is 9.67. The maximum atomic E-state index is 3.85. The maximum Gasteiger partial charge on any atom is 0.131 e. The summed E-state index contributed by atoms with van der Waals surface area (Å²) in [6, 6.07) is 19.4. The lowest BCUT2D eigenvalue weighted by Gasteiger charge is -2.30. The smallest absolute Gasteiger partial charge is 0.131 e. The average molecular weight is 279 g/mol. The Labute approximate surface area is 122 Å². The Hall–Kier alpha value is -1.64. The van der Waals surface area contributed by atoms with Crippen LogP contribution >= 0.6 is 0 Å². The summed E-state index contributed by atoms with van der Waals surface area (Å²) in [6.45, 7) is 5.81. The van der Waals surface area contributed by atoms with Crippen molar-refractivity contribution in [2.75, 3.05) is 0 Å². The van der Waals surface area contributed by atoms with Gasteiger partial charge < -0.3 is 4.98 Å². The second-order valence-electron chi connectivity index (χ2n) is 6.03. The minimum Gasteiger partial charge on any atom is -0.333 e. The van der Waals surface area contributed by atoms with E-state index in [2.05, 4.69) is 84.8 Å². The molecule has 0 aliphatic heterocycles. The van der Waals surface area contributed by atoms with Crippen molar-refractivity contribution in [2.45, 2.75) is 25.2 Å². The quantitative estimate of drug-likeness (QED) is 0.821. The third-order valence-electron chi connectivity index (χ3n) is 4.17. The van der Waals surface area contributed by atoms with Gasteiger partial charge in [-0.05, 0) is 16.7 Å². The lowest BCUT2D eigenvalue weighted by molar-refractivity contribution is 0.881. The van der Waals surface area contributed by atoms with E-state index in [4.69, 9.17) is 0 Å². The fourth-order valence-corrected chi connectivity index (χ4v) is 5.41. The largest absolute Gasteiger partial charge is 0.333 e. The summed E-state index contributed by atoms with van der Waals surface area (Å²) in [5, 5.41) is 0. The predicted molar refractivity (Wildman–Crippen MR) is 89.0 cm³/mol. The summed E-state index contributed by atoms with van der Waals surface area (Å²) in [5.74, 6) is 0. The first kappa shape index (κ1) is 13.3. The molecule has 2 aromatic carbocycles. The summed E-state index contributed by atoms with van der Waals surface area (Å²) >= 11 is 0. The second kappa shape index (κ2) is 5.39. The molecule has 0 saturated carbocycles. The molecule has 1 aliphatic rings. The van der Waals surface area contributed by atoms with Gasteiger partial charge in [0.25, 0.3) is 0 Å². The second-order valence-corrected chi connectivity index (χ2v) is 10.4. The van der Waals surface area contributed by atoms with E-state index in [1.54, 1.807) is 0 Å². The fraction of sp³-hybridized carbons (Fsp3) is 0.222. The van der Waals surface area contributed by atoms with Gasteiger partial charge in [0.15, 0.2) is 0 Å². The van der Waals surface area contributed by atoms with Gasteiger partial charge in [-0.2, -0.15) is 0 Å². The molecule has 3 rings (SSSR count). The van der Waals surface area contributed by atoms with Crippen molar-refractivity contribution in [1.29, 1.82) is 0 Å². The molecule has 0 radical (unpaired) electrons. The highest BCUT2D eigenvalue weighted by atomic mass is 28.3. The number of hydrogen-bond acceptors (Lipinski definition) is 1. The molecule has 1 atom stereocenters. The molecule has 20 heavy (non-hydrogen) atoms. The molecule has 0 aromatic heterocycles. The van der Waals surface area contributed by atoms with Crippen LogP contribution in [0.3, 0.4) is 0 Å². The summed E-state index contributed by atoms with van der Waals surface area (Å²) in [5.41, 5.74) is 4.81. The van der Waals surface area contributed by atoms with Gasteiger partial charge in [0.1, 0.15) is 8.24 Å². The average Bonchev–Trinajstić information content (AvgIpc) is 2.91. The van der Waals surface area contributed by atoms with Crippen LogP contribution in [0.5, 0.6) is 0 Å². The lowest BCUT2D eigenvalue weighted by atomic mass is 10.1. The monoisotopic (exact) mass is 279 g/mol. The molecule has 102 valence electrons. The first-order valence-electron chi connectivity index (χ1n) is 7.23. The third-order valence-corrected chi connectivity index (χ3v) is 7.31. The minimum atomic E-state index is -1.54. The van der Waals surface area contributed by atoms with Gasteiger partial charge in [0, 0.05) is 12.1 Å². The topological polar surface area (TPSA) is 12.0 Å². The summed E-state index contributed by atoms with van der Waals surface area (Å²) < 4.78 is 0. The zero-order valence-corrected chi connectivity index (χ0v) is 13.1. The number of allylic oxidation sites excluding steroid dienone is 1. The summed E-state index contributed by atoms with van der Waals surface area (Å²) in [4.78, 5) is 3.85. The van der Waals surface area contributed by atoms with E-state index in [-0.39, 0.29) is 0 Å². The molecule has 1 unspecified atom stereocenters. The third kappa shape index (κ3) is 2.62. The van der Waals surface area contributed by atoms with Crippen LogP contribution in [0.2, 0.25) is 13.1 Å². The van der Waals surface area contributed by atoms with Gasteiger partial charge in [-0.25, -0.2) is 0 Å². The van der Waals surface area contributed by atoms with Gasteiger partial charge in [0.05, 0.1) is 0 Å². The van der Waals surface area contributed by atoms with Gasteiger partial charge in [-0.1, -0.05) is 79.8 Å². The molecule has 1 N–H and O–H groups in total. The van der Waals surface area contributed by atoms with E-state index in [9.17, 15) is 0 Å². The zero-order chi connectivity index (χ0) is 14.0. The van der Waals surface area contributed by atoms with Gasteiger partial charge in [-0.3, -0.25) is 0 Å². The first-order valence-corrected chi connectivity index (χ1v) is 10.3. The fourth-order valence-electron chi connectivity index (χ4n) is 2.91. The SMILES string of the molecule is C[Si](C)(NCc1ccccc1)C1C=Cc2ccccc21. The van der Waals surface area contributed by atoms with E-state index in [0.717, 1.165) is 6.54 Å². The minimum absolute atomic E-state index is 0.572. The number of hydrogen-bond donors (Lipinski definition) is 1. The van der Waals surface area contributed by atoms with E-state index in [1.807, 2.05) is 0 Å². The molecule has 0 heterocycles. The molecule has 0 amide bonds. The summed E-state index contributed by atoms with van der Waals surface area (Å²) in [6.07, 6.45) is 4.66. The van der Waals surface area contributed by atoms with Crippen molar-refractivity contribution in [3.63, 3.8) is 0 Å². The van der Waals surface area contributed by atoms with Crippen LogP contribution in [0.1, 0.15) is 22.2 Å². The number of nitrogens with one attached hydrogen (secondary N) is 1. The van der Waals surface area contributed by atoms with Crippen LogP contribution in [-0.4, -0.2) is 8.24 Å². The molecule has 2 heteroatoms. The van der Waals surface area contributed by atoms with Gasteiger partial charge >= 0.3 is 0 Å². The van der Waals surface area contributed by atoms with Crippen molar-refractivity contribution in [3.05, 3.63) is 77.4 Å². The molecule has 1 nitrogen and oxygen atoms in total. The Kier molecular flexibility index (Phi) is 3.60. The van der Waals surface area contributed by atoms with Crippen LogP contribution in [0.4, 0.5) is 0 Å². The molecular formula is C18H21NSi. The molecule has 0 spiro atoms. The Morgan fingerprint density at radius 3 is 2.45 bits per heavy atom. The van der Waals surface area contributed by atoms with Crippen molar-refractivity contribution in [1.82, 2.24) is 4.98 Å². The normalized spacial score (nSPS) is 17.2. The van der Waals surface area contributed by atoms with Crippen LogP contribution < -0.4 is 4.98 Å². The highest BCUT2D eigenvalue weighted by molar-refractivity contribution is 6.77. The Bertz CT molecular complexity index is 616. The molecule has 1 aliphatic carbocycles. The number of fused-ring (bicyclic) bond motifs is 1. The summed E-state index contributed by atoms with van der Waals surface area (Å²) in [7, 11) is -1.54. The zero-order valence-electron chi connectivity index (χ0n) is 12.1. The number of benzene rings is 2. The van der Waals surface area contributed by atoms with Crippen molar-refractivity contribution < 1.29 is 0 Å². The standard InChI is InChI=1S/C18H21NSi/c1-20(2,19-14-15-8-4-3-5-9-15)18-13-12-16-10-6-7-11-17(16)18/h3-13,18-19H,14H2,1-2H3. The van der Waals surface area contributed by atoms with E-state index >= 15 is 0 Å². The van der Waals surface area contributed by atoms with E-state index in [0.29, 0.717) is 5.54 Å². The van der Waals surface area contributed by atoms with Crippen LogP contribution in [0, 0.1) is 0 Å². The van der Waals surface area contributed by atoms with Crippen molar-refractivity contribution >= 4 is 14.3 Å². The maximum absolute atomic E-state index is 3.85. The number of rotatable bonds is 4. The van der Waals surface area contributed by atoms with E-state index in [1.165, 1.54) is 16.7 Å². The Morgan fingerprint density at radius 2 is 1.65 bits per heavy atom. The van der Waals surface area contributed by atoms with Gasteiger partial charge in [-0.15, -0.1) is 0 Å². The molecule has 2 aromatic rings. The molecule has 0 fully saturated rings. The van der Waals surface area contributed by atoms with Crippen LogP contribution in [-0.2, 0) is 6.54 Å². The molecule has 0 saturated heterocycles.